The first-order valence-corrected chi connectivity index (χ1v) is 6.88. The largest absolute Gasteiger partial charge is 0.481 e. The Kier molecular flexibility index (Phi) is 4.62. The third-order valence-electron chi connectivity index (χ3n) is 3.09. The molecule has 0 spiro atoms. The summed E-state index contributed by atoms with van der Waals surface area (Å²) in [5, 5.41) is 4.88. The molecular weight excluding hydrogens is 276 g/mol. The molecule has 0 radical (unpaired) electrons. The second kappa shape index (κ2) is 6.24. The van der Waals surface area contributed by atoms with E-state index >= 15 is 0 Å². The molecule has 1 atom stereocenters. The van der Waals surface area contributed by atoms with Crippen LogP contribution in [-0.2, 0) is 6.42 Å². The second-order valence-corrected chi connectivity index (χ2v) is 5.34. The third kappa shape index (κ3) is 3.11. The summed E-state index contributed by atoms with van der Waals surface area (Å²) in [5.74, 6) is 0.590. The molecule has 0 aromatic carbocycles. The lowest BCUT2D eigenvalue weighted by Gasteiger charge is -2.17. The van der Waals surface area contributed by atoms with E-state index in [2.05, 4.69) is 23.9 Å². The lowest BCUT2D eigenvalue weighted by Crippen LogP contribution is -2.20. The fourth-order valence-electron chi connectivity index (χ4n) is 2.11. The Morgan fingerprint density at radius 2 is 2.10 bits per heavy atom. The maximum absolute atomic E-state index is 6.28. The predicted molar refractivity (Wildman–Crippen MR) is 79.0 cm³/mol. The Bertz CT molecular complexity index is 565. The zero-order chi connectivity index (χ0) is 14.7. The molecule has 0 saturated carbocycles. The average molecular weight is 295 g/mol. The van der Waals surface area contributed by atoms with Crippen LogP contribution in [0.1, 0.15) is 37.2 Å². The number of ether oxygens (including phenoxy) is 1. The molecule has 20 heavy (non-hydrogen) atoms. The van der Waals surface area contributed by atoms with E-state index in [1.54, 1.807) is 19.5 Å². The first kappa shape index (κ1) is 14.8. The van der Waals surface area contributed by atoms with Crippen molar-refractivity contribution in [1.82, 2.24) is 14.8 Å². The van der Waals surface area contributed by atoms with Crippen LogP contribution in [0.2, 0.25) is 5.02 Å². The Balaban J connectivity index is 2.19. The van der Waals surface area contributed by atoms with Gasteiger partial charge in [0.15, 0.2) is 0 Å². The summed E-state index contributed by atoms with van der Waals surface area (Å²) in [4.78, 5) is 4.18. The van der Waals surface area contributed by atoms with Crippen molar-refractivity contribution in [3.63, 3.8) is 0 Å². The van der Waals surface area contributed by atoms with Gasteiger partial charge in [0, 0.05) is 18.3 Å². The predicted octanol–water partition coefficient (Wildman–Crippen LogP) is 2.76. The number of halogens is 1. The maximum Gasteiger partial charge on any atom is 0.212 e. The van der Waals surface area contributed by atoms with E-state index < -0.39 is 0 Å². The third-order valence-corrected chi connectivity index (χ3v) is 3.38. The summed E-state index contributed by atoms with van der Waals surface area (Å²) in [5.41, 5.74) is 8.17. The van der Waals surface area contributed by atoms with Gasteiger partial charge in [-0.25, -0.2) is 4.98 Å². The normalized spacial score (nSPS) is 12.7. The molecule has 0 saturated heterocycles. The van der Waals surface area contributed by atoms with Crippen molar-refractivity contribution in [2.75, 3.05) is 7.11 Å². The van der Waals surface area contributed by atoms with Crippen LogP contribution >= 0.6 is 11.6 Å². The second-order valence-electron chi connectivity index (χ2n) is 4.94. The van der Waals surface area contributed by atoms with E-state index in [-0.39, 0.29) is 12.1 Å². The molecule has 108 valence electrons. The minimum atomic E-state index is -0.220. The molecule has 0 aliphatic rings. The van der Waals surface area contributed by atoms with Gasteiger partial charge in [-0.15, -0.1) is 0 Å². The van der Waals surface area contributed by atoms with Crippen LogP contribution in [0.3, 0.4) is 0 Å². The van der Waals surface area contributed by atoms with Crippen LogP contribution in [0.15, 0.2) is 24.5 Å². The van der Waals surface area contributed by atoms with Crippen LogP contribution in [0.5, 0.6) is 5.88 Å². The van der Waals surface area contributed by atoms with Gasteiger partial charge in [0.1, 0.15) is 0 Å². The summed E-state index contributed by atoms with van der Waals surface area (Å²) in [7, 11) is 1.59. The summed E-state index contributed by atoms with van der Waals surface area (Å²) < 4.78 is 6.90. The zero-order valence-corrected chi connectivity index (χ0v) is 12.6. The summed E-state index contributed by atoms with van der Waals surface area (Å²) in [6.07, 6.45) is 4.06. The van der Waals surface area contributed by atoms with Gasteiger partial charge in [-0.3, -0.25) is 4.68 Å². The average Bonchev–Trinajstić information content (AvgIpc) is 2.81. The van der Waals surface area contributed by atoms with Crippen molar-refractivity contribution in [3.05, 3.63) is 40.8 Å². The van der Waals surface area contributed by atoms with Crippen LogP contribution in [0.4, 0.5) is 0 Å². The molecule has 0 aliphatic carbocycles. The number of hydrogen-bond acceptors (Lipinski definition) is 4. The van der Waals surface area contributed by atoms with Crippen LogP contribution in [0, 0.1) is 0 Å². The SMILES string of the molecule is COc1ccc(CC(N)c2c(Cl)cnn2C(C)C)cn1. The highest BCUT2D eigenvalue weighted by atomic mass is 35.5. The topological polar surface area (TPSA) is 66.0 Å². The number of rotatable bonds is 5. The van der Waals surface area contributed by atoms with Crippen molar-refractivity contribution >= 4 is 11.6 Å². The van der Waals surface area contributed by atoms with Gasteiger partial charge >= 0.3 is 0 Å². The Labute approximate surface area is 123 Å². The molecule has 0 bridgehead atoms. The lowest BCUT2D eigenvalue weighted by atomic mass is 10.1. The van der Waals surface area contributed by atoms with E-state index in [0.717, 1.165) is 11.3 Å². The van der Waals surface area contributed by atoms with Gasteiger partial charge < -0.3 is 10.5 Å². The van der Waals surface area contributed by atoms with Crippen LogP contribution < -0.4 is 10.5 Å². The van der Waals surface area contributed by atoms with Gasteiger partial charge in [0.05, 0.1) is 30.1 Å². The van der Waals surface area contributed by atoms with Gasteiger partial charge in [-0.05, 0) is 25.8 Å². The van der Waals surface area contributed by atoms with Crippen molar-refractivity contribution in [1.29, 1.82) is 0 Å². The zero-order valence-electron chi connectivity index (χ0n) is 11.9. The van der Waals surface area contributed by atoms with E-state index in [1.807, 2.05) is 16.8 Å². The number of hydrogen-bond donors (Lipinski definition) is 1. The van der Waals surface area contributed by atoms with Crippen molar-refractivity contribution < 1.29 is 4.74 Å². The highest BCUT2D eigenvalue weighted by Crippen LogP contribution is 2.26. The molecule has 0 aliphatic heterocycles. The first-order valence-electron chi connectivity index (χ1n) is 6.50. The molecule has 1 unspecified atom stereocenters. The first-order chi connectivity index (χ1) is 9.52. The van der Waals surface area contributed by atoms with E-state index in [1.165, 1.54) is 0 Å². The van der Waals surface area contributed by atoms with Crippen LogP contribution in [0.25, 0.3) is 0 Å². The van der Waals surface area contributed by atoms with E-state index in [4.69, 9.17) is 22.1 Å². The molecule has 0 amide bonds. The summed E-state index contributed by atoms with van der Waals surface area (Å²) in [6.45, 7) is 4.10. The van der Waals surface area contributed by atoms with E-state index in [0.29, 0.717) is 17.3 Å². The van der Waals surface area contributed by atoms with Crippen molar-refractivity contribution in [3.8, 4) is 5.88 Å². The van der Waals surface area contributed by atoms with Gasteiger partial charge in [-0.2, -0.15) is 5.10 Å². The standard InChI is InChI=1S/C14H19ClN4O/c1-9(2)19-14(11(15)8-18-19)12(16)6-10-4-5-13(20-3)17-7-10/h4-5,7-9,12H,6,16H2,1-3H3. The number of methoxy groups -OCH3 is 1. The van der Waals surface area contributed by atoms with Gasteiger partial charge in [-0.1, -0.05) is 17.7 Å². The van der Waals surface area contributed by atoms with Crippen molar-refractivity contribution in [2.45, 2.75) is 32.4 Å². The Morgan fingerprint density at radius 3 is 2.65 bits per heavy atom. The molecule has 2 aromatic rings. The highest BCUT2D eigenvalue weighted by molar-refractivity contribution is 6.31. The highest BCUT2D eigenvalue weighted by Gasteiger charge is 2.19. The number of pyridine rings is 1. The van der Waals surface area contributed by atoms with Gasteiger partial charge in [0.2, 0.25) is 5.88 Å². The molecule has 2 N–H and O–H groups in total. The minimum Gasteiger partial charge on any atom is -0.481 e. The number of nitrogens with zero attached hydrogens (tertiary/aromatic N) is 3. The molecule has 0 fully saturated rings. The quantitative estimate of drug-likeness (QED) is 0.921. The molecular formula is C14H19ClN4O. The monoisotopic (exact) mass is 294 g/mol. The fourth-order valence-corrected chi connectivity index (χ4v) is 2.38. The summed E-state index contributed by atoms with van der Waals surface area (Å²) >= 11 is 6.20. The Hall–Kier alpha value is -1.59. The molecule has 2 rings (SSSR count). The lowest BCUT2D eigenvalue weighted by molar-refractivity contribution is 0.397. The molecule has 6 heteroatoms. The van der Waals surface area contributed by atoms with Gasteiger partial charge in [0.25, 0.3) is 0 Å². The smallest absolute Gasteiger partial charge is 0.212 e. The fraction of sp³-hybridized carbons (Fsp3) is 0.429. The Morgan fingerprint density at radius 1 is 1.35 bits per heavy atom. The van der Waals surface area contributed by atoms with Crippen LogP contribution in [-0.4, -0.2) is 21.9 Å². The van der Waals surface area contributed by atoms with E-state index in [9.17, 15) is 0 Å². The number of nitrogens with two attached hydrogens (primary N) is 1. The summed E-state index contributed by atoms with van der Waals surface area (Å²) in [6, 6.07) is 3.78. The number of aromatic nitrogens is 3. The molecule has 2 heterocycles. The minimum absolute atomic E-state index is 0.220. The molecule has 5 nitrogen and oxygen atoms in total. The van der Waals surface area contributed by atoms with Crippen molar-refractivity contribution in [2.24, 2.45) is 5.73 Å². The molecule has 2 aromatic heterocycles. The maximum atomic E-state index is 6.28.